The topological polar surface area (TPSA) is 55.8 Å². The lowest BCUT2D eigenvalue weighted by Crippen LogP contribution is -2.44. The number of hydrogen-bond donors (Lipinski definition) is 1. The van der Waals surface area contributed by atoms with Crippen LogP contribution < -0.4 is 4.74 Å². The third kappa shape index (κ3) is 4.81. The summed E-state index contributed by atoms with van der Waals surface area (Å²) in [5.74, 6) is 0.887. The maximum absolute atomic E-state index is 12.1. The smallest absolute Gasteiger partial charge is 0.334 e. The van der Waals surface area contributed by atoms with Crippen LogP contribution in [0.25, 0.3) is 0 Å². The highest BCUT2D eigenvalue weighted by atomic mass is 16.6. The number of aryl methyl sites for hydroxylation is 1. The zero-order valence-corrected chi connectivity index (χ0v) is 16.7. The Morgan fingerprint density at radius 3 is 2.55 bits per heavy atom. The molecule has 1 fully saturated rings. The van der Waals surface area contributed by atoms with E-state index in [-0.39, 0.29) is 5.76 Å². The average Bonchev–Trinajstić information content (AvgIpc) is 3.27. The first kappa shape index (κ1) is 19.6. The lowest BCUT2D eigenvalue weighted by Gasteiger charge is -2.40. The van der Waals surface area contributed by atoms with Gasteiger partial charge in [0.1, 0.15) is 23.7 Å². The van der Waals surface area contributed by atoms with E-state index in [1.54, 1.807) is 0 Å². The number of ether oxygens (including phenoxy) is 2. The summed E-state index contributed by atoms with van der Waals surface area (Å²) in [6.07, 6.45) is 7.57. The van der Waals surface area contributed by atoms with Crippen LogP contribution in [0.4, 0.5) is 0 Å². The third-order valence-corrected chi connectivity index (χ3v) is 6.15. The van der Waals surface area contributed by atoms with E-state index < -0.39 is 11.6 Å². The van der Waals surface area contributed by atoms with Crippen molar-refractivity contribution < 1.29 is 19.4 Å². The van der Waals surface area contributed by atoms with Crippen LogP contribution in [0.1, 0.15) is 49.7 Å². The SMILES string of the molecule is O=C1C=C(O)CC(CCc2cccc(OCc3ccccc3)c2)(C2CCCC2)O1. The number of cyclic esters (lactones) is 1. The molecule has 0 amide bonds. The van der Waals surface area contributed by atoms with Gasteiger partial charge in [-0.1, -0.05) is 55.3 Å². The van der Waals surface area contributed by atoms with E-state index in [1.807, 2.05) is 42.5 Å². The van der Waals surface area contributed by atoms with Gasteiger partial charge in [-0.2, -0.15) is 0 Å². The molecule has 0 bridgehead atoms. The van der Waals surface area contributed by atoms with Gasteiger partial charge in [0.15, 0.2) is 0 Å². The summed E-state index contributed by atoms with van der Waals surface area (Å²) in [4.78, 5) is 12.1. The number of aliphatic hydroxyl groups excluding tert-OH is 1. The van der Waals surface area contributed by atoms with Gasteiger partial charge in [-0.05, 0) is 54.9 Å². The molecule has 1 N–H and O–H groups in total. The predicted molar refractivity (Wildman–Crippen MR) is 112 cm³/mol. The van der Waals surface area contributed by atoms with Gasteiger partial charge >= 0.3 is 5.97 Å². The van der Waals surface area contributed by atoms with Crippen molar-refractivity contribution in [1.82, 2.24) is 0 Å². The molecule has 1 unspecified atom stereocenters. The van der Waals surface area contributed by atoms with Gasteiger partial charge in [0.2, 0.25) is 0 Å². The molecule has 152 valence electrons. The second-order valence-electron chi connectivity index (χ2n) is 8.20. The van der Waals surface area contributed by atoms with Gasteiger partial charge in [0.25, 0.3) is 0 Å². The highest BCUT2D eigenvalue weighted by Gasteiger charge is 2.45. The number of rotatable bonds is 7. The standard InChI is InChI=1S/C25H28O4/c26-22-16-24(27)29-25(17-22,21-10-4-5-11-21)14-13-19-9-6-12-23(15-19)28-18-20-7-2-1-3-8-20/h1-3,6-9,12,15-16,21,26H,4-5,10-11,13-14,17-18H2. The second-order valence-corrected chi connectivity index (χ2v) is 8.20. The Morgan fingerprint density at radius 1 is 1.03 bits per heavy atom. The lowest BCUT2D eigenvalue weighted by molar-refractivity contribution is -0.165. The monoisotopic (exact) mass is 392 g/mol. The summed E-state index contributed by atoms with van der Waals surface area (Å²) >= 11 is 0. The number of aliphatic hydroxyl groups is 1. The Kier molecular flexibility index (Phi) is 5.89. The Hall–Kier alpha value is -2.75. The van der Waals surface area contributed by atoms with Crippen molar-refractivity contribution in [3.8, 4) is 5.75 Å². The van der Waals surface area contributed by atoms with Gasteiger partial charge in [0, 0.05) is 6.42 Å². The minimum atomic E-state index is -0.590. The fourth-order valence-electron chi connectivity index (χ4n) is 4.67. The summed E-state index contributed by atoms with van der Waals surface area (Å²) < 4.78 is 11.8. The molecular formula is C25H28O4. The zero-order valence-electron chi connectivity index (χ0n) is 16.7. The molecule has 0 saturated heterocycles. The van der Waals surface area contributed by atoms with Crippen LogP contribution in [0.5, 0.6) is 5.75 Å². The Labute approximate surface area is 172 Å². The number of carbonyl (C=O) groups excluding carboxylic acids is 1. The molecule has 4 heteroatoms. The summed E-state index contributed by atoms with van der Waals surface area (Å²) in [5.41, 5.74) is 1.69. The molecule has 2 aliphatic rings. The number of benzene rings is 2. The van der Waals surface area contributed by atoms with Crippen LogP contribution in [-0.2, 0) is 22.6 Å². The summed E-state index contributed by atoms with van der Waals surface area (Å²) in [6, 6.07) is 18.2. The van der Waals surface area contributed by atoms with Crippen molar-refractivity contribution in [1.29, 1.82) is 0 Å². The van der Waals surface area contributed by atoms with Crippen molar-refractivity contribution in [2.75, 3.05) is 0 Å². The molecule has 2 aromatic carbocycles. The summed E-state index contributed by atoms with van der Waals surface area (Å²) in [5, 5.41) is 10.1. The zero-order chi connectivity index (χ0) is 20.1. The van der Waals surface area contributed by atoms with E-state index >= 15 is 0 Å². The van der Waals surface area contributed by atoms with E-state index in [1.165, 1.54) is 6.08 Å². The average molecular weight is 392 g/mol. The molecule has 1 saturated carbocycles. The molecule has 29 heavy (non-hydrogen) atoms. The second kappa shape index (κ2) is 8.73. The van der Waals surface area contributed by atoms with Crippen molar-refractivity contribution in [3.63, 3.8) is 0 Å². The van der Waals surface area contributed by atoms with Gasteiger partial charge in [-0.3, -0.25) is 0 Å². The predicted octanol–water partition coefficient (Wildman–Crippen LogP) is 5.52. The minimum absolute atomic E-state index is 0.146. The van der Waals surface area contributed by atoms with E-state index in [4.69, 9.17) is 9.47 Å². The molecule has 2 aromatic rings. The number of hydrogen-bond acceptors (Lipinski definition) is 4. The first-order valence-electron chi connectivity index (χ1n) is 10.5. The van der Waals surface area contributed by atoms with Crippen LogP contribution in [0.2, 0.25) is 0 Å². The molecule has 1 aliphatic heterocycles. The maximum atomic E-state index is 12.1. The molecule has 4 nitrogen and oxygen atoms in total. The normalized spacial score (nSPS) is 22.2. The van der Waals surface area contributed by atoms with Crippen molar-refractivity contribution >= 4 is 5.97 Å². The quantitative estimate of drug-likeness (QED) is 0.631. The first-order valence-corrected chi connectivity index (χ1v) is 10.5. The fraction of sp³-hybridized carbons (Fsp3) is 0.400. The highest BCUT2D eigenvalue weighted by Crippen LogP contribution is 2.44. The molecule has 1 atom stereocenters. The molecule has 0 radical (unpaired) electrons. The van der Waals surface area contributed by atoms with Crippen LogP contribution in [0.15, 0.2) is 66.4 Å². The summed E-state index contributed by atoms with van der Waals surface area (Å²) in [6.45, 7) is 0.534. The first-order chi connectivity index (χ1) is 14.1. The van der Waals surface area contributed by atoms with Crippen molar-refractivity contribution in [2.24, 2.45) is 5.92 Å². The molecule has 1 heterocycles. The van der Waals surface area contributed by atoms with Crippen LogP contribution in [0.3, 0.4) is 0 Å². The molecule has 0 spiro atoms. The van der Waals surface area contributed by atoms with Crippen LogP contribution in [0, 0.1) is 5.92 Å². The largest absolute Gasteiger partial charge is 0.512 e. The number of esters is 1. The third-order valence-electron chi connectivity index (χ3n) is 6.15. The van der Waals surface area contributed by atoms with E-state index in [9.17, 15) is 9.90 Å². The Bertz CT molecular complexity index is 867. The van der Waals surface area contributed by atoms with Gasteiger partial charge in [-0.15, -0.1) is 0 Å². The number of carbonyl (C=O) groups is 1. The van der Waals surface area contributed by atoms with Gasteiger partial charge in [0.05, 0.1) is 6.08 Å². The van der Waals surface area contributed by atoms with Crippen LogP contribution >= 0.6 is 0 Å². The molecule has 0 aromatic heterocycles. The van der Waals surface area contributed by atoms with Gasteiger partial charge < -0.3 is 14.6 Å². The molecular weight excluding hydrogens is 364 g/mol. The molecule has 4 rings (SSSR count). The fourth-order valence-corrected chi connectivity index (χ4v) is 4.67. The van der Waals surface area contributed by atoms with Crippen molar-refractivity contribution in [2.45, 2.75) is 57.2 Å². The van der Waals surface area contributed by atoms with Crippen LogP contribution in [-0.4, -0.2) is 16.7 Å². The van der Waals surface area contributed by atoms with E-state index in [0.717, 1.165) is 49.0 Å². The minimum Gasteiger partial charge on any atom is -0.512 e. The van der Waals surface area contributed by atoms with E-state index in [2.05, 4.69) is 12.1 Å². The van der Waals surface area contributed by atoms with E-state index in [0.29, 0.717) is 25.4 Å². The summed E-state index contributed by atoms with van der Waals surface area (Å²) in [7, 11) is 0. The Balaban J connectivity index is 1.44. The molecule has 1 aliphatic carbocycles. The Morgan fingerprint density at radius 2 is 1.79 bits per heavy atom. The lowest BCUT2D eigenvalue weighted by atomic mass is 9.77. The van der Waals surface area contributed by atoms with Crippen molar-refractivity contribution in [3.05, 3.63) is 77.6 Å². The van der Waals surface area contributed by atoms with Gasteiger partial charge in [-0.25, -0.2) is 4.79 Å². The highest BCUT2D eigenvalue weighted by molar-refractivity contribution is 5.83. The maximum Gasteiger partial charge on any atom is 0.334 e.